The zero-order chi connectivity index (χ0) is 19.8. The minimum absolute atomic E-state index is 0.0745. The highest BCUT2D eigenvalue weighted by Crippen LogP contribution is 2.21. The number of hydrogen-bond donors (Lipinski definition) is 2. The fraction of sp³-hybridized carbons (Fsp3) is 0.158. The number of nitrogens with zero attached hydrogens (tertiary/aromatic N) is 1. The van der Waals surface area contributed by atoms with E-state index in [0.29, 0.717) is 11.3 Å². The number of nitro benzene ring substituents is 1. The van der Waals surface area contributed by atoms with Crippen molar-refractivity contribution in [2.75, 3.05) is 6.61 Å². The molecule has 8 heteroatoms. The molecule has 2 rings (SSSR count). The number of nitrogens with one attached hydrogen (secondary N) is 2. The zero-order valence-corrected chi connectivity index (χ0v) is 14.9. The number of non-ortho nitro benzene ring substituents is 1. The van der Waals surface area contributed by atoms with Crippen LogP contribution in [0.5, 0.6) is 5.75 Å². The van der Waals surface area contributed by atoms with Crippen LogP contribution in [-0.2, 0) is 9.59 Å². The summed E-state index contributed by atoms with van der Waals surface area (Å²) in [5.74, 6) is -0.471. The normalized spacial score (nSPS) is 10.4. The van der Waals surface area contributed by atoms with Gasteiger partial charge in [-0.05, 0) is 36.6 Å². The maximum Gasteiger partial charge on any atom is 0.276 e. The Morgan fingerprint density at radius 1 is 1.11 bits per heavy atom. The van der Waals surface area contributed by atoms with E-state index in [9.17, 15) is 19.7 Å². The third kappa shape index (κ3) is 5.96. The predicted molar refractivity (Wildman–Crippen MR) is 99.8 cm³/mol. The molecule has 27 heavy (non-hydrogen) atoms. The van der Waals surface area contributed by atoms with Crippen LogP contribution in [0, 0.1) is 24.0 Å². The van der Waals surface area contributed by atoms with E-state index in [4.69, 9.17) is 4.74 Å². The second-order valence-electron chi connectivity index (χ2n) is 5.73. The topological polar surface area (TPSA) is 111 Å². The van der Waals surface area contributed by atoms with Gasteiger partial charge in [0.15, 0.2) is 6.61 Å². The molecule has 0 aliphatic rings. The van der Waals surface area contributed by atoms with Crippen LogP contribution in [0.4, 0.5) is 5.69 Å². The summed E-state index contributed by atoms with van der Waals surface area (Å²) in [6.45, 7) is 3.50. The molecule has 0 unspecified atom stereocenters. The molecule has 0 aromatic heterocycles. The SMILES string of the molecule is Cc1cccc(C)c1OCC(=O)NNC(=O)/C=C/c1cccc([N+](=O)[O-])c1. The minimum atomic E-state index is -0.582. The van der Waals surface area contributed by atoms with Gasteiger partial charge in [-0.25, -0.2) is 0 Å². The third-order valence-electron chi connectivity index (χ3n) is 3.59. The first-order valence-electron chi connectivity index (χ1n) is 8.07. The van der Waals surface area contributed by atoms with Crippen LogP contribution in [0.2, 0.25) is 0 Å². The van der Waals surface area contributed by atoms with Crippen molar-refractivity contribution in [2.24, 2.45) is 0 Å². The molecule has 140 valence electrons. The second kappa shape index (κ2) is 9.14. The highest BCUT2D eigenvalue weighted by Gasteiger charge is 2.08. The van der Waals surface area contributed by atoms with Gasteiger partial charge < -0.3 is 4.74 Å². The third-order valence-corrected chi connectivity index (χ3v) is 3.59. The maximum absolute atomic E-state index is 11.8. The molecule has 0 bridgehead atoms. The van der Waals surface area contributed by atoms with E-state index in [1.54, 1.807) is 6.07 Å². The van der Waals surface area contributed by atoms with Crippen LogP contribution in [0.3, 0.4) is 0 Å². The molecule has 0 aliphatic heterocycles. The summed E-state index contributed by atoms with van der Waals surface area (Å²) in [4.78, 5) is 33.7. The molecule has 0 radical (unpaired) electrons. The van der Waals surface area contributed by atoms with Crippen LogP contribution in [-0.4, -0.2) is 23.3 Å². The van der Waals surface area contributed by atoms with Gasteiger partial charge in [-0.1, -0.05) is 30.3 Å². The van der Waals surface area contributed by atoms with Crippen molar-refractivity contribution in [3.63, 3.8) is 0 Å². The number of carbonyl (C=O) groups excluding carboxylic acids is 2. The van der Waals surface area contributed by atoms with Crippen molar-refractivity contribution in [1.29, 1.82) is 0 Å². The Morgan fingerprint density at radius 2 is 1.78 bits per heavy atom. The number of nitro groups is 1. The number of aryl methyl sites for hydroxylation is 2. The van der Waals surface area contributed by atoms with Gasteiger partial charge in [0.1, 0.15) is 5.75 Å². The monoisotopic (exact) mass is 369 g/mol. The van der Waals surface area contributed by atoms with Crippen LogP contribution in [0.15, 0.2) is 48.5 Å². The molecule has 0 saturated carbocycles. The van der Waals surface area contributed by atoms with E-state index in [-0.39, 0.29) is 12.3 Å². The Balaban J connectivity index is 1.82. The zero-order valence-electron chi connectivity index (χ0n) is 14.9. The van der Waals surface area contributed by atoms with Crippen molar-refractivity contribution in [3.05, 3.63) is 75.3 Å². The molecule has 2 N–H and O–H groups in total. The lowest BCUT2D eigenvalue weighted by atomic mass is 10.1. The lowest BCUT2D eigenvalue weighted by molar-refractivity contribution is -0.384. The Kier molecular flexibility index (Phi) is 6.65. The molecule has 8 nitrogen and oxygen atoms in total. The molecule has 0 aliphatic carbocycles. The average molecular weight is 369 g/mol. The van der Waals surface area contributed by atoms with Gasteiger partial charge in [-0.15, -0.1) is 0 Å². The Hall–Kier alpha value is -3.68. The van der Waals surface area contributed by atoms with Crippen LogP contribution in [0.1, 0.15) is 16.7 Å². The first kappa shape index (κ1) is 19.6. The lowest BCUT2D eigenvalue weighted by Gasteiger charge is -2.11. The largest absolute Gasteiger partial charge is 0.483 e. The molecule has 0 saturated heterocycles. The number of benzene rings is 2. The molecular weight excluding hydrogens is 350 g/mol. The van der Waals surface area contributed by atoms with Gasteiger partial charge in [-0.2, -0.15) is 0 Å². The van der Waals surface area contributed by atoms with Crippen LogP contribution < -0.4 is 15.6 Å². The number of hydrazine groups is 1. The smallest absolute Gasteiger partial charge is 0.276 e. The number of rotatable bonds is 6. The molecule has 0 heterocycles. The molecule has 2 amide bonds. The van der Waals surface area contributed by atoms with E-state index in [1.807, 2.05) is 32.0 Å². The summed E-state index contributed by atoms with van der Waals surface area (Å²) < 4.78 is 5.48. The van der Waals surface area contributed by atoms with Crippen molar-refractivity contribution < 1.29 is 19.2 Å². The molecule has 0 atom stereocenters. The van der Waals surface area contributed by atoms with Crippen molar-refractivity contribution in [2.45, 2.75) is 13.8 Å². The van der Waals surface area contributed by atoms with E-state index < -0.39 is 16.7 Å². The average Bonchev–Trinajstić information content (AvgIpc) is 2.64. The molecule has 2 aromatic rings. The van der Waals surface area contributed by atoms with Gasteiger partial charge in [-0.3, -0.25) is 30.6 Å². The number of hydrogen-bond acceptors (Lipinski definition) is 5. The molecule has 0 fully saturated rings. The summed E-state index contributed by atoms with van der Waals surface area (Å²) in [6.07, 6.45) is 2.56. The Morgan fingerprint density at radius 3 is 2.44 bits per heavy atom. The van der Waals surface area contributed by atoms with E-state index in [1.165, 1.54) is 24.3 Å². The van der Waals surface area contributed by atoms with Gasteiger partial charge in [0, 0.05) is 18.2 Å². The van der Waals surface area contributed by atoms with Gasteiger partial charge in [0.2, 0.25) is 0 Å². The van der Waals surface area contributed by atoms with Gasteiger partial charge in [0.05, 0.1) is 4.92 Å². The van der Waals surface area contributed by atoms with Crippen LogP contribution >= 0.6 is 0 Å². The number of carbonyl (C=O) groups is 2. The first-order chi connectivity index (χ1) is 12.9. The van der Waals surface area contributed by atoms with Crippen molar-refractivity contribution in [3.8, 4) is 5.75 Å². The lowest BCUT2D eigenvalue weighted by Crippen LogP contribution is -2.43. The van der Waals surface area contributed by atoms with E-state index in [2.05, 4.69) is 10.9 Å². The predicted octanol–water partition coefficient (Wildman–Crippen LogP) is 2.45. The summed E-state index contributed by atoms with van der Waals surface area (Å²) in [5.41, 5.74) is 6.68. The fourth-order valence-electron chi connectivity index (χ4n) is 2.29. The maximum atomic E-state index is 11.8. The molecule has 2 aromatic carbocycles. The minimum Gasteiger partial charge on any atom is -0.483 e. The fourth-order valence-corrected chi connectivity index (χ4v) is 2.29. The molecule has 0 spiro atoms. The van der Waals surface area contributed by atoms with Crippen LogP contribution in [0.25, 0.3) is 6.08 Å². The summed E-state index contributed by atoms with van der Waals surface area (Å²) in [5, 5.41) is 10.7. The Bertz CT molecular complexity index is 872. The van der Waals surface area contributed by atoms with Gasteiger partial charge in [0.25, 0.3) is 17.5 Å². The number of para-hydroxylation sites is 1. The summed E-state index contributed by atoms with van der Waals surface area (Å²) >= 11 is 0. The quantitative estimate of drug-likeness (QED) is 0.462. The highest BCUT2D eigenvalue weighted by molar-refractivity contribution is 5.93. The van der Waals surface area contributed by atoms with Crippen molar-refractivity contribution >= 4 is 23.6 Å². The summed E-state index contributed by atoms with van der Waals surface area (Å²) in [6, 6.07) is 11.5. The van der Waals surface area contributed by atoms with Gasteiger partial charge >= 0.3 is 0 Å². The Labute approximate surface area is 156 Å². The summed E-state index contributed by atoms with van der Waals surface area (Å²) in [7, 11) is 0. The highest BCUT2D eigenvalue weighted by atomic mass is 16.6. The second-order valence-corrected chi connectivity index (χ2v) is 5.73. The first-order valence-corrected chi connectivity index (χ1v) is 8.07. The van der Waals surface area contributed by atoms with E-state index in [0.717, 1.165) is 17.2 Å². The number of ether oxygens (including phenoxy) is 1. The standard InChI is InChI=1S/C19H19N3O5/c1-13-5-3-6-14(2)19(13)27-12-18(24)21-20-17(23)10-9-15-7-4-8-16(11-15)22(25)26/h3-11H,12H2,1-2H3,(H,20,23)(H,21,24)/b10-9+. The number of amides is 2. The van der Waals surface area contributed by atoms with E-state index >= 15 is 0 Å². The van der Waals surface area contributed by atoms with Crippen molar-refractivity contribution in [1.82, 2.24) is 10.9 Å². The molecular formula is C19H19N3O5.